The van der Waals surface area contributed by atoms with Gasteiger partial charge >= 0.3 is 0 Å². The van der Waals surface area contributed by atoms with E-state index in [2.05, 4.69) is 20.4 Å². The molecule has 10 nitrogen and oxygen atoms in total. The van der Waals surface area contributed by atoms with Crippen LogP contribution in [0.3, 0.4) is 0 Å². The first-order chi connectivity index (χ1) is 16.0. The number of nitrogens with zero attached hydrogens (tertiary/aromatic N) is 5. The van der Waals surface area contributed by atoms with E-state index in [0.29, 0.717) is 21.9 Å². The summed E-state index contributed by atoms with van der Waals surface area (Å²) in [6, 6.07) is 11.6. The molecule has 0 atom stereocenters. The molecule has 1 aromatic heterocycles. The Kier molecular flexibility index (Phi) is 6.99. The van der Waals surface area contributed by atoms with Crippen LogP contribution in [0.15, 0.2) is 47.6 Å². The Balaban J connectivity index is 1.55. The summed E-state index contributed by atoms with van der Waals surface area (Å²) in [4.78, 5) is 25.6. The second-order valence-electron chi connectivity index (χ2n) is 7.24. The average molecular weight is 489 g/mol. The van der Waals surface area contributed by atoms with E-state index in [-0.39, 0.29) is 17.1 Å². The Bertz CT molecular complexity index is 1180. The predicted molar refractivity (Wildman–Crippen MR) is 127 cm³/mol. The molecule has 1 aliphatic rings. The van der Waals surface area contributed by atoms with Gasteiger partial charge in [-0.15, -0.1) is 10.2 Å². The molecule has 33 heavy (non-hydrogen) atoms. The maximum atomic E-state index is 12.6. The quantitative estimate of drug-likeness (QED) is 0.285. The number of ether oxygens (including phenoxy) is 1. The lowest BCUT2D eigenvalue weighted by atomic mass is 10.2. The number of hydrogen-bond donors (Lipinski definition) is 1. The second kappa shape index (κ2) is 10.1. The van der Waals surface area contributed by atoms with Crippen LogP contribution in [0.4, 0.5) is 17.3 Å². The fraction of sp³-hybridized carbons (Fsp3) is 0.286. The van der Waals surface area contributed by atoms with Crippen LogP contribution in [-0.2, 0) is 4.79 Å². The summed E-state index contributed by atoms with van der Waals surface area (Å²) < 4.78 is 6.87. The number of benzene rings is 2. The number of para-hydroxylation sites is 1. The van der Waals surface area contributed by atoms with Crippen molar-refractivity contribution >= 4 is 46.6 Å². The lowest BCUT2D eigenvalue weighted by Crippen LogP contribution is -2.22. The number of thioether (sulfide) groups is 1. The highest BCUT2D eigenvalue weighted by Gasteiger charge is 2.24. The summed E-state index contributed by atoms with van der Waals surface area (Å²) in [5, 5.41) is 23.7. The number of halogens is 1. The topological polar surface area (TPSA) is 115 Å². The van der Waals surface area contributed by atoms with Crippen molar-refractivity contribution in [2.24, 2.45) is 0 Å². The summed E-state index contributed by atoms with van der Waals surface area (Å²) in [6.07, 6.45) is 2.14. The highest BCUT2D eigenvalue weighted by molar-refractivity contribution is 7.99. The molecule has 172 valence electrons. The maximum absolute atomic E-state index is 12.6. The van der Waals surface area contributed by atoms with Gasteiger partial charge < -0.3 is 15.0 Å². The van der Waals surface area contributed by atoms with Gasteiger partial charge in [-0.05, 0) is 37.1 Å². The number of methoxy groups -OCH3 is 1. The van der Waals surface area contributed by atoms with Crippen molar-refractivity contribution in [3.8, 4) is 11.4 Å². The smallest absolute Gasteiger partial charge is 0.296 e. The molecule has 0 saturated carbocycles. The van der Waals surface area contributed by atoms with E-state index >= 15 is 0 Å². The minimum Gasteiger partial charge on any atom is -0.496 e. The zero-order valence-corrected chi connectivity index (χ0v) is 19.3. The number of hydrogen-bond acceptors (Lipinski definition) is 8. The third-order valence-electron chi connectivity index (χ3n) is 5.11. The summed E-state index contributed by atoms with van der Waals surface area (Å²) >= 11 is 7.63. The number of amides is 1. The summed E-state index contributed by atoms with van der Waals surface area (Å²) in [5.74, 6) is 0.571. The van der Waals surface area contributed by atoms with Crippen molar-refractivity contribution in [3.05, 3.63) is 57.6 Å². The monoisotopic (exact) mass is 488 g/mol. The van der Waals surface area contributed by atoms with E-state index in [9.17, 15) is 14.9 Å². The molecular formula is C21H21ClN6O4S. The first-order valence-corrected chi connectivity index (χ1v) is 11.5. The zero-order valence-electron chi connectivity index (χ0n) is 17.7. The van der Waals surface area contributed by atoms with Gasteiger partial charge in [-0.25, -0.2) is 0 Å². The number of anilines is 2. The number of carbonyl (C=O) groups is 1. The third kappa shape index (κ3) is 5.04. The lowest BCUT2D eigenvalue weighted by Gasteiger charge is -2.19. The van der Waals surface area contributed by atoms with Gasteiger partial charge in [-0.1, -0.05) is 35.5 Å². The van der Waals surface area contributed by atoms with Crippen LogP contribution in [0, 0.1) is 10.1 Å². The van der Waals surface area contributed by atoms with E-state index in [0.717, 1.165) is 31.6 Å². The molecule has 1 amide bonds. The molecule has 1 N–H and O–H groups in total. The Hall–Kier alpha value is -3.31. The van der Waals surface area contributed by atoms with Gasteiger partial charge in [0.2, 0.25) is 11.9 Å². The number of rotatable bonds is 8. The summed E-state index contributed by atoms with van der Waals surface area (Å²) in [5.41, 5.74) is 0.569. The van der Waals surface area contributed by atoms with Gasteiger partial charge in [0.05, 0.1) is 34.6 Å². The van der Waals surface area contributed by atoms with Crippen molar-refractivity contribution < 1.29 is 14.5 Å². The molecule has 0 aliphatic carbocycles. The van der Waals surface area contributed by atoms with E-state index in [1.807, 2.05) is 22.8 Å². The standard InChI is InChI=1S/C21H21ClN6O4S/c1-32-14-8-9-16(18(12-14)28(30)31)23-19(29)13-33-21-25-24-20(26-10-4-5-11-26)27(21)17-7-3-2-6-15(17)22/h2-3,6-9,12H,4-5,10-11,13H2,1H3,(H,23,29). The molecule has 0 bridgehead atoms. The molecule has 2 heterocycles. The average Bonchev–Trinajstić information content (AvgIpc) is 3.48. The molecule has 0 radical (unpaired) electrons. The third-order valence-corrected chi connectivity index (χ3v) is 6.36. The van der Waals surface area contributed by atoms with Crippen molar-refractivity contribution in [3.63, 3.8) is 0 Å². The molecule has 12 heteroatoms. The van der Waals surface area contributed by atoms with Gasteiger partial charge in [0.1, 0.15) is 11.4 Å². The number of carbonyl (C=O) groups excluding carboxylic acids is 1. The van der Waals surface area contributed by atoms with E-state index in [1.165, 1.54) is 31.0 Å². The molecule has 0 unspecified atom stereocenters. The molecular weight excluding hydrogens is 468 g/mol. The van der Waals surface area contributed by atoms with Crippen LogP contribution in [0.1, 0.15) is 12.8 Å². The number of nitro benzene ring substituents is 1. The van der Waals surface area contributed by atoms with Gasteiger partial charge in [0.25, 0.3) is 5.69 Å². The van der Waals surface area contributed by atoms with Crippen LogP contribution < -0.4 is 15.0 Å². The SMILES string of the molecule is COc1ccc(NC(=O)CSc2nnc(N3CCCC3)n2-c2ccccc2Cl)c([N+](=O)[O-])c1. The highest BCUT2D eigenvalue weighted by atomic mass is 35.5. The zero-order chi connectivity index (χ0) is 23.4. The Labute approximate surface area is 199 Å². The Morgan fingerprint density at radius 1 is 1.24 bits per heavy atom. The van der Waals surface area contributed by atoms with Crippen LogP contribution in [0.5, 0.6) is 5.75 Å². The number of nitro groups is 1. The molecule has 4 rings (SSSR count). The lowest BCUT2D eigenvalue weighted by molar-refractivity contribution is -0.384. The second-order valence-corrected chi connectivity index (χ2v) is 8.59. The van der Waals surface area contributed by atoms with Gasteiger partial charge in [0, 0.05) is 13.1 Å². The first kappa shape index (κ1) is 22.9. The minimum atomic E-state index is -0.568. The largest absolute Gasteiger partial charge is 0.496 e. The van der Waals surface area contributed by atoms with Crippen LogP contribution >= 0.6 is 23.4 Å². The molecule has 2 aromatic carbocycles. The Morgan fingerprint density at radius 3 is 2.70 bits per heavy atom. The maximum Gasteiger partial charge on any atom is 0.296 e. The predicted octanol–water partition coefficient (Wildman–Crippen LogP) is 4.17. The van der Waals surface area contributed by atoms with Gasteiger partial charge in [-0.3, -0.25) is 19.5 Å². The van der Waals surface area contributed by atoms with Gasteiger partial charge in [0.15, 0.2) is 5.16 Å². The Morgan fingerprint density at radius 2 is 2.00 bits per heavy atom. The summed E-state index contributed by atoms with van der Waals surface area (Å²) in [7, 11) is 1.42. The summed E-state index contributed by atoms with van der Waals surface area (Å²) in [6.45, 7) is 1.74. The van der Waals surface area contributed by atoms with Gasteiger partial charge in [-0.2, -0.15) is 0 Å². The fourth-order valence-corrected chi connectivity index (χ4v) is 4.49. The van der Waals surface area contributed by atoms with Crippen molar-refractivity contribution in [2.75, 3.05) is 36.2 Å². The van der Waals surface area contributed by atoms with Crippen LogP contribution in [0.25, 0.3) is 5.69 Å². The minimum absolute atomic E-state index is 0.0221. The van der Waals surface area contributed by atoms with E-state index in [4.69, 9.17) is 16.3 Å². The first-order valence-electron chi connectivity index (χ1n) is 10.2. The molecule has 1 aliphatic heterocycles. The number of nitrogens with one attached hydrogen (secondary N) is 1. The van der Waals surface area contributed by atoms with E-state index in [1.54, 1.807) is 12.1 Å². The van der Waals surface area contributed by atoms with Crippen molar-refractivity contribution in [2.45, 2.75) is 18.0 Å². The molecule has 1 saturated heterocycles. The normalized spacial score (nSPS) is 13.2. The number of aromatic nitrogens is 3. The van der Waals surface area contributed by atoms with Crippen LogP contribution in [-0.4, -0.2) is 51.5 Å². The van der Waals surface area contributed by atoms with Crippen LogP contribution in [0.2, 0.25) is 5.02 Å². The van der Waals surface area contributed by atoms with Crippen molar-refractivity contribution in [1.82, 2.24) is 14.8 Å². The van der Waals surface area contributed by atoms with E-state index < -0.39 is 10.8 Å². The van der Waals surface area contributed by atoms with Crippen molar-refractivity contribution in [1.29, 1.82) is 0 Å². The molecule has 1 fully saturated rings. The molecule has 0 spiro atoms. The molecule has 3 aromatic rings. The fourth-order valence-electron chi connectivity index (χ4n) is 3.53. The highest BCUT2D eigenvalue weighted by Crippen LogP contribution is 2.33.